The molecular weight excluding hydrogens is 387 g/mol. The van der Waals surface area contributed by atoms with Gasteiger partial charge in [-0.05, 0) is 36.8 Å². The van der Waals surface area contributed by atoms with Crippen LogP contribution in [0.25, 0.3) is 11.4 Å². The van der Waals surface area contributed by atoms with Gasteiger partial charge in [-0.15, -0.1) is 5.10 Å². The minimum atomic E-state index is -0.536. The van der Waals surface area contributed by atoms with Crippen LogP contribution in [-0.2, 0) is 4.79 Å². The molecule has 3 N–H and O–H groups in total. The fourth-order valence-corrected chi connectivity index (χ4v) is 3.37. The summed E-state index contributed by atoms with van der Waals surface area (Å²) in [6, 6.07) is 8.29. The van der Waals surface area contributed by atoms with Crippen LogP contribution >= 0.6 is 23.2 Å². The van der Waals surface area contributed by atoms with Crippen LogP contribution < -0.4 is 11.1 Å². The summed E-state index contributed by atoms with van der Waals surface area (Å²) in [6.45, 7) is 1.78. The minimum absolute atomic E-state index is 0.404. The van der Waals surface area contributed by atoms with Crippen molar-refractivity contribution in [2.75, 3.05) is 5.32 Å². The number of nitrogens with two attached hydrogens (primary N) is 1. The summed E-state index contributed by atoms with van der Waals surface area (Å²) >= 11 is 12.1. The Kier molecular flexibility index (Phi) is 4.33. The fourth-order valence-electron chi connectivity index (χ4n) is 3.07. The summed E-state index contributed by atoms with van der Waals surface area (Å²) in [6.07, 6.45) is 3.34. The van der Waals surface area contributed by atoms with Gasteiger partial charge in [0.05, 0.1) is 15.6 Å². The Labute approximate surface area is 164 Å². The molecule has 0 fully saturated rings. The summed E-state index contributed by atoms with van der Waals surface area (Å²) < 4.78 is 1.63. The molecule has 0 bridgehead atoms. The second-order valence-electron chi connectivity index (χ2n) is 6.05. The van der Waals surface area contributed by atoms with Crippen molar-refractivity contribution < 1.29 is 4.79 Å². The molecule has 0 aliphatic carbocycles. The molecule has 1 aromatic carbocycles. The number of rotatable bonds is 3. The van der Waals surface area contributed by atoms with Crippen LogP contribution in [0, 0.1) is 0 Å². The Hall–Kier alpha value is -2.90. The van der Waals surface area contributed by atoms with Gasteiger partial charge >= 0.3 is 0 Å². The molecule has 1 aliphatic rings. The summed E-state index contributed by atoms with van der Waals surface area (Å²) in [7, 11) is 0. The van der Waals surface area contributed by atoms with Gasteiger partial charge in [-0.25, -0.2) is 4.68 Å². The standard InChI is InChI=1S/C18H14Cl2N6O/c1-9-14(16(21)27)15(11-3-2-6-22-8-11)26-18(23-9)24-17(25-26)10-4-5-12(19)13(20)7-10/h2-8,15H,1H3,(H2,21,27)(H,23,24,25). The molecule has 0 radical (unpaired) electrons. The average Bonchev–Trinajstić information content (AvgIpc) is 3.06. The van der Waals surface area contributed by atoms with Crippen molar-refractivity contribution in [3.63, 3.8) is 0 Å². The number of primary amides is 1. The number of fused-ring (bicyclic) bond motifs is 1. The molecule has 1 unspecified atom stereocenters. The number of nitrogens with zero attached hydrogens (tertiary/aromatic N) is 4. The molecule has 4 rings (SSSR count). The van der Waals surface area contributed by atoms with E-state index in [9.17, 15) is 4.79 Å². The maximum Gasteiger partial charge on any atom is 0.248 e. The van der Waals surface area contributed by atoms with Gasteiger partial charge in [0.25, 0.3) is 0 Å². The van der Waals surface area contributed by atoms with Crippen molar-refractivity contribution in [2.45, 2.75) is 13.0 Å². The number of benzene rings is 1. The molecule has 0 saturated carbocycles. The lowest BCUT2D eigenvalue weighted by atomic mass is 9.97. The summed E-state index contributed by atoms with van der Waals surface area (Å²) in [4.78, 5) is 20.8. The predicted octanol–water partition coefficient (Wildman–Crippen LogP) is 3.42. The van der Waals surface area contributed by atoms with E-state index >= 15 is 0 Å². The van der Waals surface area contributed by atoms with Crippen LogP contribution in [0.1, 0.15) is 18.5 Å². The summed E-state index contributed by atoms with van der Waals surface area (Å²) in [5, 5.41) is 8.54. The highest BCUT2D eigenvalue weighted by atomic mass is 35.5. The molecule has 136 valence electrons. The van der Waals surface area contributed by atoms with Crippen LogP contribution in [-0.4, -0.2) is 25.7 Å². The number of nitrogens with one attached hydrogen (secondary N) is 1. The molecule has 3 heterocycles. The number of hydrogen-bond donors (Lipinski definition) is 2. The van der Waals surface area contributed by atoms with E-state index in [4.69, 9.17) is 28.9 Å². The average molecular weight is 401 g/mol. The monoisotopic (exact) mass is 400 g/mol. The van der Waals surface area contributed by atoms with Gasteiger partial charge in [0, 0.05) is 23.7 Å². The number of anilines is 1. The van der Waals surface area contributed by atoms with Gasteiger partial charge in [0.2, 0.25) is 11.9 Å². The zero-order valence-corrected chi connectivity index (χ0v) is 15.7. The SMILES string of the molecule is CC1=C(C(N)=O)C(c2cccnc2)n2nc(-c3ccc(Cl)c(Cl)c3)nc2N1. The quantitative estimate of drug-likeness (QED) is 0.701. The number of pyridine rings is 1. The Balaban J connectivity index is 1.87. The van der Waals surface area contributed by atoms with Crippen molar-refractivity contribution in [3.05, 3.63) is 69.6 Å². The van der Waals surface area contributed by atoms with Gasteiger partial charge in [0.15, 0.2) is 5.82 Å². The topological polar surface area (TPSA) is 98.7 Å². The van der Waals surface area contributed by atoms with Gasteiger partial charge in [-0.1, -0.05) is 29.3 Å². The molecule has 1 atom stereocenters. The van der Waals surface area contributed by atoms with Crippen molar-refractivity contribution in [2.24, 2.45) is 5.73 Å². The van der Waals surface area contributed by atoms with Crippen molar-refractivity contribution in [3.8, 4) is 11.4 Å². The molecule has 1 amide bonds. The van der Waals surface area contributed by atoms with E-state index < -0.39 is 11.9 Å². The van der Waals surface area contributed by atoms with E-state index in [0.29, 0.717) is 38.7 Å². The third-order valence-electron chi connectivity index (χ3n) is 4.30. The van der Waals surface area contributed by atoms with Crippen LogP contribution in [0.3, 0.4) is 0 Å². The number of hydrogen-bond acceptors (Lipinski definition) is 5. The Bertz CT molecular complexity index is 1080. The van der Waals surface area contributed by atoms with Gasteiger partial charge in [-0.2, -0.15) is 4.98 Å². The Morgan fingerprint density at radius 1 is 1.26 bits per heavy atom. The number of carbonyl (C=O) groups is 1. The van der Waals surface area contributed by atoms with Crippen LogP contribution in [0.2, 0.25) is 10.0 Å². The van der Waals surface area contributed by atoms with Gasteiger partial charge in [-0.3, -0.25) is 9.78 Å². The summed E-state index contributed by atoms with van der Waals surface area (Å²) in [5.41, 5.74) is 8.15. The molecule has 27 heavy (non-hydrogen) atoms. The lowest BCUT2D eigenvalue weighted by Crippen LogP contribution is -2.31. The fraction of sp³-hybridized carbons (Fsp3) is 0.111. The number of allylic oxidation sites excluding steroid dienone is 1. The first kappa shape index (κ1) is 17.5. The molecule has 0 saturated heterocycles. The van der Waals surface area contributed by atoms with Crippen molar-refractivity contribution in [1.29, 1.82) is 0 Å². The minimum Gasteiger partial charge on any atom is -0.366 e. The van der Waals surface area contributed by atoms with E-state index in [0.717, 1.165) is 5.56 Å². The van der Waals surface area contributed by atoms with E-state index in [-0.39, 0.29) is 0 Å². The maximum absolute atomic E-state index is 12.1. The zero-order chi connectivity index (χ0) is 19.1. The molecule has 3 aromatic rings. The first-order valence-electron chi connectivity index (χ1n) is 8.05. The summed E-state index contributed by atoms with van der Waals surface area (Å²) in [5.74, 6) is 0.405. The predicted molar refractivity (Wildman–Crippen MR) is 103 cm³/mol. The van der Waals surface area contributed by atoms with Crippen molar-refractivity contribution in [1.82, 2.24) is 19.7 Å². The van der Waals surface area contributed by atoms with Gasteiger partial charge < -0.3 is 11.1 Å². The molecule has 1 aliphatic heterocycles. The number of aromatic nitrogens is 4. The van der Waals surface area contributed by atoms with Crippen LogP contribution in [0.5, 0.6) is 0 Å². The third kappa shape index (κ3) is 3.05. The van der Waals surface area contributed by atoms with E-state index in [1.165, 1.54) is 0 Å². The Morgan fingerprint density at radius 2 is 2.07 bits per heavy atom. The normalized spacial score (nSPS) is 16.0. The largest absolute Gasteiger partial charge is 0.366 e. The number of amides is 1. The van der Waals surface area contributed by atoms with Crippen molar-refractivity contribution >= 4 is 35.1 Å². The maximum atomic E-state index is 12.1. The highest BCUT2D eigenvalue weighted by Gasteiger charge is 2.33. The van der Waals surface area contributed by atoms with Crippen LogP contribution in [0.4, 0.5) is 5.95 Å². The molecule has 2 aromatic heterocycles. The smallest absolute Gasteiger partial charge is 0.248 e. The lowest BCUT2D eigenvalue weighted by Gasteiger charge is -2.27. The second-order valence-corrected chi connectivity index (χ2v) is 6.86. The number of halogens is 2. The molecule has 0 spiro atoms. The number of carbonyl (C=O) groups excluding carboxylic acids is 1. The lowest BCUT2D eigenvalue weighted by molar-refractivity contribution is -0.115. The highest BCUT2D eigenvalue weighted by molar-refractivity contribution is 6.42. The molecular formula is C18H14Cl2N6O. The highest BCUT2D eigenvalue weighted by Crippen LogP contribution is 2.36. The van der Waals surface area contributed by atoms with E-state index in [2.05, 4.69) is 20.4 Å². The first-order valence-corrected chi connectivity index (χ1v) is 8.81. The van der Waals surface area contributed by atoms with Gasteiger partial charge in [0.1, 0.15) is 6.04 Å². The molecule has 9 heteroatoms. The van der Waals surface area contributed by atoms with E-state index in [1.807, 2.05) is 6.07 Å². The first-order chi connectivity index (χ1) is 13.0. The second kappa shape index (κ2) is 6.68. The Morgan fingerprint density at radius 3 is 2.74 bits per heavy atom. The zero-order valence-electron chi connectivity index (χ0n) is 14.1. The molecule has 7 nitrogen and oxygen atoms in total. The van der Waals surface area contributed by atoms with Crippen LogP contribution in [0.15, 0.2) is 54.0 Å². The van der Waals surface area contributed by atoms with E-state index in [1.54, 1.807) is 48.3 Å². The third-order valence-corrected chi connectivity index (χ3v) is 5.04.